The van der Waals surface area contributed by atoms with E-state index in [9.17, 15) is 4.79 Å². The first-order valence-corrected chi connectivity index (χ1v) is 5.63. The van der Waals surface area contributed by atoms with E-state index in [4.69, 9.17) is 16.3 Å². The van der Waals surface area contributed by atoms with Crippen LogP contribution in [0, 0.1) is 0 Å². The van der Waals surface area contributed by atoms with E-state index in [2.05, 4.69) is 10.3 Å². The van der Waals surface area contributed by atoms with Gasteiger partial charge in [0.15, 0.2) is 6.29 Å². The highest BCUT2D eigenvalue weighted by Gasteiger charge is 2.05. The lowest BCUT2D eigenvalue weighted by atomic mass is 10.2. The van der Waals surface area contributed by atoms with E-state index < -0.39 is 0 Å². The normalized spacial score (nSPS) is 9.89. The van der Waals surface area contributed by atoms with Gasteiger partial charge in [-0.3, -0.25) is 4.79 Å². The molecule has 0 bridgehead atoms. The Hall–Kier alpha value is -2.07. The van der Waals surface area contributed by atoms with Crippen molar-refractivity contribution in [3.63, 3.8) is 0 Å². The molecule has 0 aliphatic heterocycles. The average Bonchev–Trinajstić information content (AvgIpc) is 2.39. The van der Waals surface area contributed by atoms with Crippen molar-refractivity contribution in [2.45, 2.75) is 0 Å². The quantitative estimate of drug-likeness (QED) is 0.859. The van der Waals surface area contributed by atoms with Crippen LogP contribution < -0.4 is 10.1 Å². The van der Waals surface area contributed by atoms with Gasteiger partial charge < -0.3 is 10.1 Å². The fraction of sp³-hybridized carbons (Fsp3) is 0.0769. The number of rotatable bonds is 4. The smallest absolute Gasteiger partial charge is 0.153 e. The standard InChI is InChI=1S/C13H11ClN2O2/c1-18-12-5-4-10(7-11(12)14)16-13-9(8-17)3-2-6-15-13/h2-8H,1H3,(H,15,16). The van der Waals surface area contributed by atoms with Crippen LogP contribution in [0.2, 0.25) is 5.02 Å². The van der Waals surface area contributed by atoms with Gasteiger partial charge >= 0.3 is 0 Å². The number of nitrogens with one attached hydrogen (secondary N) is 1. The summed E-state index contributed by atoms with van der Waals surface area (Å²) in [5.74, 6) is 1.09. The molecule has 0 fully saturated rings. The molecule has 5 heteroatoms. The summed E-state index contributed by atoms with van der Waals surface area (Å²) in [4.78, 5) is 15.0. The number of carbonyl (C=O) groups excluding carboxylic acids is 1. The number of nitrogens with zero attached hydrogens (tertiary/aromatic N) is 1. The summed E-state index contributed by atoms with van der Waals surface area (Å²) in [6, 6.07) is 8.65. The fourth-order valence-electron chi connectivity index (χ4n) is 1.50. The molecular weight excluding hydrogens is 252 g/mol. The van der Waals surface area contributed by atoms with Gasteiger partial charge in [0.05, 0.1) is 17.7 Å². The second kappa shape index (κ2) is 5.51. The lowest BCUT2D eigenvalue weighted by Gasteiger charge is -2.09. The highest BCUT2D eigenvalue weighted by molar-refractivity contribution is 6.32. The molecule has 0 unspecified atom stereocenters. The maximum Gasteiger partial charge on any atom is 0.153 e. The van der Waals surface area contributed by atoms with Crippen molar-refractivity contribution in [2.75, 3.05) is 12.4 Å². The molecule has 0 atom stereocenters. The van der Waals surface area contributed by atoms with Crippen LogP contribution in [-0.2, 0) is 0 Å². The molecule has 92 valence electrons. The minimum atomic E-state index is 0.490. The second-order valence-corrected chi connectivity index (χ2v) is 3.94. The van der Waals surface area contributed by atoms with Crippen molar-refractivity contribution in [1.82, 2.24) is 4.98 Å². The number of ether oxygens (including phenoxy) is 1. The van der Waals surface area contributed by atoms with Crippen LogP contribution in [0.15, 0.2) is 36.5 Å². The van der Waals surface area contributed by atoms with E-state index >= 15 is 0 Å². The van der Waals surface area contributed by atoms with Crippen LogP contribution in [0.5, 0.6) is 5.75 Å². The molecule has 0 spiro atoms. The predicted octanol–water partition coefficient (Wildman–Crippen LogP) is 3.30. The van der Waals surface area contributed by atoms with Crippen LogP contribution in [0.3, 0.4) is 0 Å². The first kappa shape index (κ1) is 12.4. The van der Waals surface area contributed by atoms with Gasteiger partial charge in [0.2, 0.25) is 0 Å². The molecule has 0 saturated carbocycles. The summed E-state index contributed by atoms with van der Waals surface area (Å²) in [7, 11) is 1.55. The second-order valence-electron chi connectivity index (χ2n) is 3.53. The van der Waals surface area contributed by atoms with Gasteiger partial charge in [-0.15, -0.1) is 0 Å². The number of halogens is 1. The van der Waals surface area contributed by atoms with Crippen LogP contribution >= 0.6 is 11.6 Å². The molecular formula is C13H11ClN2O2. The largest absolute Gasteiger partial charge is 0.495 e. The molecule has 0 aliphatic carbocycles. The Morgan fingerprint density at radius 3 is 2.89 bits per heavy atom. The van der Waals surface area contributed by atoms with Gasteiger partial charge in [0, 0.05) is 11.9 Å². The fourth-order valence-corrected chi connectivity index (χ4v) is 1.76. The van der Waals surface area contributed by atoms with Gasteiger partial charge in [-0.1, -0.05) is 11.6 Å². The molecule has 2 aromatic rings. The Morgan fingerprint density at radius 2 is 2.22 bits per heavy atom. The molecule has 1 heterocycles. The number of aromatic nitrogens is 1. The van der Waals surface area contributed by atoms with Crippen LogP contribution in [0.25, 0.3) is 0 Å². The predicted molar refractivity (Wildman–Crippen MR) is 70.9 cm³/mol. The molecule has 1 aromatic heterocycles. The van der Waals surface area contributed by atoms with E-state index in [0.717, 1.165) is 12.0 Å². The minimum absolute atomic E-state index is 0.490. The van der Waals surface area contributed by atoms with E-state index in [1.54, 1.807) is 43.6 Å². The van der Waals surface area contributed by atoms with Gasteiger partial charge in [0.25, 0.3) is 0 Å². The number of aldehydes is 1. The van der Waals surface area contributed by atoms with Crippen LogP contribution in [-0.4, -0.2) is 18.4 Å². The van der Waals surface area contributed by atoms with Gasteiger partial charge in [0.1, 0.15) is 11.6 Å². The molecule has 0 radical (unpaired) electrons. The highest BCUT2D eigenvalue weighted by atomic mass is 35.5. The molecule has 0 saturated heterocycles. The summed E-state index contributed by atoms with van der Waals surface area (Å²) in [5.41, 5.74) is 1.23. The maximum atomic E-state index is 10.9. The van der Waals surface area contributed by atoms with E-state index in [1.165, 1.54) is 0 Å². The van der Waals surface area contributed by atoms with Crippen molar-refractivity contribution >= 4 is 29.4 Å². The van der Waals surface area contributed by atoms with Gasteiger partial charge in [-0.25, -0.2) is 4.98 Å². The zero-order chi connectivity index (χ0) is 13.0. The first-order valence-electron chi connectivity index (χ1n) is 5.25. The number of carbonyl (C=O) groups is 1. The third-order valence-corrected chi connectivity index (χ3v) is 2.68. The molecule has 0 aliphatic rings. The molecule has 1 aromatic carbocycles. The van der Waals surface area contributed by atoms with Crippen LogP contribution in [0.1, 0.15) is 10.4 Å². The lowest BCUT2D eigenvalue weighted by Crippen LogP contribution is -1.98. The molecule has 1 N–H and O–H groups in total. The van der Waals surface area contributed by atoms with Crippen molar-refractivity contribution in [1.29, 1.82) is 0 Å². The number of hydrogen-bond donors (Lipinski definition) is 1. The zero-order valence-electron chi connectivity index (χ0n) is 9.68. The van der Waals surface area contributed by atoms with Crippen molar-refractivity contribution in [2.24, 2.45) is 0 Å². The van der Waals surface area contributed by atoms with Gasteiger partial charge in [-0.2, -0.15) is 0 Å². The summed E-state index contributed by atoms with van der Waals surface area (Å²) in [6.45, 7) is 0. The molecule has 4 nitrogen and oxygen atoms in total. The Labute approximate surface area is 110 Å². The maximum absolute atomic E-state index is 10.9. The van der Waals surface area contributed by atoms with Crippen molar-refractivity contribution in [3.05, 3.63) is 47.1 Å². The number of anilines is 2. The van der Waals surface area contributed by atoms with Crippen LogP contribution in [0.4, 0.5) is 11.5 Å². The van der Waals surface area contributed by atoms with E-state index in [1.807, 2.05) is 0 Å². The third-order valence-electron chi connectivity index (χ3n) is 2.38. The Bertz CT molecular complexity index is 573. The third kappa shape index (κ3) is 2.60. The Kier molecular flexibility index (Phi) is 3.79. The summed E-state index contributed by atoms with van der Waals surface area (Å²) in [6.07, 6.45) is 2.36. The number of benzene rings is 1. The molecule has 0 amide bonds. The van der Waals surface area contributed by atoms with Crippen molar-refractivity contribution in [3.8, 4) is 5.75 Å². The minimum Gasteiger partial charge on any atom is -0.495 e. The summed E-state index contributed by atoms with van der Waals surface area (Å²) in [5, 5.41) is 3.52. The number of hydrogen-bond acceptors (Lipinski definition) is 4. The van der Waals surface area contributed by atoms with E-state index in [0.29, 0.717) is 22.2 Å². The lowest BCUT2D eigenvalue weighted by molar-refractivity contribution is 0.112. The Balaban J connectivity index is 2.28. The summed E-state index contributed by atoms with van der Waals surface area (Å²) >= 11 is 6.01. The Morgan fingerprint density at radius 1 is 1.39 bits per heavy atom. The molecule has 2 rings (SSSR count). The zero-order valence-corrected chi connectivity index (χ0v) is 10.4. The van der Waals surface area contributed by atoms with E-state index in [-0.39, 0.29) is 0 Å². The number of methoxy groups -OCH3 is 1. The average molecular weight is 263 g/mol. The van der Waals surface area contributed by atoms with Crippen molar-refractivity contribution < 1.29 is 9.53 Å². The highest BCUT2D eigenvalue weighted by Crippen LogP contribution is 2.28. The topological polar surface area (TPSA) is 51.2 Å². The first-order chi connectivity index (χ1) is 8.74. The summed E-state index contributed by atoms with van der Waals surface area (Å²) < 4.78 is 5.06. The molecule has 18 heavy (non-hydrogen) atoms. The van der Waals surface area contributed by atoms with Gasteiger partial charge in [-0.05, 0) is 30.3 Å². The number of pyridine rings is 1. The monoisotopic (exact) mass is 262 g/mol. The SMILES string of the molecule is COc1ccc(Nc2ncccc2C=O)cc1Cl.